The first-order valence-electron chi connectivity index (χ1n) is 9.89. The molecule has 1 aliphatic rings. The van der Waals surface area contributed by atoms with E-state index in [2.05, 4.69) is 10.3 Å². The van der Waals surface area contributed by atoms with Gasteiger partial charge in [0.1, 0.15) is 11.3 Å². The Morgan fingerprint density at radius 1 is 1.27 bits per heavy atom. The molecule has 0 radical (unpaired) electrons. The molecule has 6 nitrogen and oxygen atoms in total. The number of nitrogens with one attached hydrogen (secondary N) is 1. The number of morpholine rings is 1. The fourth-order valence-electron chi connectivity index (χ4n) is 4.02. The predicted octanol–water partition coefficient (Wildman–Crippen LogP) is 4.92. The molecule has 2 heterocycles. The summed E-state index contributed by atoms with van der Waals surface area (Å²) in [6, 6.07) is 7.48. The van der Waals surface area contributed by atoms with Crippen molar-refractivity contribution in [3.8, 4) is 0 Å². The molecule has 0 bridgehead atoms. The molecule has 1 saturated heterocycles. The summed E-state index contributed by atoms with van der Waals surface area (Å²) in [6.07, 6.45) is -4.75. The fraction of sp³-hybridized carbons (Fsp3) is 0.364. The molecular weight excluding hydrogens is 482 g/mol. The van der Waals surface area contributed by atoms with Gasteiger partial charge in [-0.3, -0.25) is 0 Å². The van der Waals surface area contributed by atoms with E-state index in [1.54, 1.807) is 23.6 Å². The normalized spacial score (nSPS) is 16.2. The summed E-state index contributed by atoms with van der Waals surface area (Å²) < 4.78 is 47.5. The number of halogens is 5. The Labute approximate surface area is 201 Å². The van der Waals surface area contributed by atoms with Gasteiger partial charge in [-0.1, -0.05) is 12.1 Å². The summed E-state index contributed by atoms with van der Waals surface area (Å²) in [5.41, 5.74) is 1.56. The maximum Gasteiger partial charge on any atom is 0.416 e. The van der Waals surface area contributed by atoms with E-state index in [9.17, 15) is 23.1 Å². The van der Waals surface area contributed by atoms with Crippen molar-refractivity contribution < 1.29 is 27.8 Å². The zero-order chi connectivity index (χ0) is 22.3. The second-order valence-corrected chi connectivity index (χ2v) is 7.64. The zero-order valence-corrected chi connectivity index (χ0v) is 19.5. The van der Waals surface area contributed by atoms with Gasteiger partial charge in [-0.05, 0) is 48.7 Å². The van der Waals surface area contributed by atoms with Crippen molar-refractivity contribution in [1.82, 2.24) is 14.9 Å². The Balaban J connectivity index is 0.00000193. The first kappa shape index (κ1) is 26.9. The van der Waals surface area contributed by atoms with E-state index in [0.717, 1.165) is 12.6 Å². The van der Waals surface area contributed by atoms with E-state index in [-0.39, 0.29) is 48.6 Å². The zero-order valence-electron chi connectivity index (χ0n) is 17.9. The lowest BCUT2D eigenvalue weighted by atomic mass is 10.0. The standard InChI is InChI=1S/C22H22F3N3O3.2ClH/c1-12-14(4-3-5-17(12)22(23,24)25)11-28-13(2)27-20-16(21(29)30)8-15(9-18(20)28)19-10-26-6-7-31-19;;/h3-5,8-9,19,26H,6-7,10-11H2,1-2H3,(H,29,30);2*1H. The average Bonchev–Trinajstić information content (AvgIpc) is 3.03. The average molecular weight is 506 g/mol. The number of alkyl halides is 3. The van der Waals surface area contributed by atoms with Crippen molar-refractivity contribution in [2.45, 2.75) is 32.7 Å². The Kier molecular flexibility index (Phi) is 8.40. The van der Waals surface area contributed by atoms with Crippen LogP contribution in [-0.4, -0.2) is 40.3 Å². The molecule has 3 aromatic rings. The summed E-state index contributed by atoms with van der Waals surface area (Å²) in [5, 5.41) is 13.0. The summed E-state index contributed by atoms with van der Waals surface area (Å²) in [6.45, 7) is 5.08. The molecule has 1 aliphatic heterocycles. The first-order chi connectivity index (χ1) is 14.7. The van der Waals surface area contributed by atoms with Crippen LogP contribution in [0.15, 0.2) is 30.3 Å². The Morgan fingerprint density at radius 3 is 2.61 bits per heavy atom. The molecule has 180 valence electrons. The summed E-state index contributed by atoms with van der Waals surface area (Å²) in [5.74, 6) is -0.593. The van der Waals surface area contributed by atoms with Crippen molar-refractivity contribution in [1.29, 1.82) is 0 Å². The van der Waals surface area contributed by atoms with E-state index in [4.69, 9.17) is 4.74 Å². The molecule has 0 saturated carbocycles. The monoisotopic (exact) mass is 505 g/mol. The third-order valence-corrected chi connectivity index (χ3v) is 5.68. The van der Waals surface area contributed by atoms with Crippen LogP contribution in [0.1, 0.15) is 44.5 Å². The third-order valence-electron chi connectivity index (χ3n) is 5.68. The number of nitrogens with zero attached hydrogens (tertiary/aromatic N) is 2. The molecule has 2 N–H and O–H groups in total. The Morgan fingerprint density at radius 2 is 2.00 bits per heavy atom. The van der Waals surface area contributed by atoms with Crippen molar-refractivity contribution in [2.75, 3.05) is 19.7 Å². The van der Waals surface area contributed by atoms with Crippen LogP contribution in [0.3, 0.4) is 0 Å². The molecule has 11 heteroatoms. The van der Waals surface area contributed by atoms with Gasteiger partial charge in [-0.15, -0.1) is 24.8 Å². The van der Waals surface area contributed by atoms with Crippen LogP contribution in [0.5, 0.6) is 0 Å². The van der Waals surface area contributed by atoms with E-state index in [1.165, 1.54) is 13.0 Å². The summed E-state index contributed by atoms with van der Waals surface area (Å²) in [4.78, 5) is 16.3. The number of carboxylic acid groups (broad SMARTS) is 1. The molecule has 4 rings (SSSR count). The number of aryl methyl sites for hydroxylation is 1. The number of hydrogen-bond acceptors (Lipinski definition) is 4. The van der Waals surface area contributed by atoms with Gasteiger partial charge in [-0.2, -0.15) is 13.2 Å². The van der Waals surface area contributed by atoms with Crippen LogP contribution < -0.4 is 5.32 Å². The van der Waals surface area contributed by atoms with Crippen molar-refractivity contribution in [2.24, 2.45) is 0 Å². The number of carbonyl (C=O) groups is 1. The van der Waals surface area contributed by atoms with Gasteiger partial charge >= 0.3 is 12.1 Å². The van der Waals surface area contributed by atoms with Crippen molar-refractivity contribution in [3.63, 3.8) is 0 Å². The number of hydrogen-bond donors (Lipinski definition) is 2. The summed E-state index contributed by atoms with van der Waals surface area (Å²) in [7, 11) is 0. The molecule has 0 aliphatic carbocycles. The number of fused-ring (bicyclic) bond motifs is 1. The van der Waals surface area contributed by atoms with E-state index in [0.29, 0.717) is 41.1 Å². The van der Waals surface area contributed by atoms with Crippen LogP contribution in [0.4, 0.5) is 13.2 Å². The first-order valence-corrected chi connectivity index (χ1v) is 9.89. The number of carboxylic acids is 1. The van der Waals surface area contributed by atoms with E-state index < -0.39 is 17.7 Å². The van der Waals surface area contributed by atoms with Gasteiger partial charge in [-0.25, -0.2) is 9.78 Å². The van der Waals surface area contributed by atoms with Gasteiger partial charge in [0.05, 0.1) is 29.4 Å². The van der Waals surface area contributed by atoms with Gasteiger partial charge < -0.3 is 19.7 Å². The largest absolute Gasteiger partial charge is 0.478 e. The predicted molar refractivity (Wildman–Crippen MR) is 123 cm³/mol. The van der Waals surface area contributed by atoms with E-state index >= 15 is 0 Å². The highest BCUT2D eigenvalue weighted by Gasteiger charge is 2.33. The number of benzene rings is 2. The minimum Gasteiger partial charge on any atom is -0.478 e. The van der Waals surface area contributed by atoms with Crippen molar-refractivity contribution >= 4 is 41.8 Å². The fourth-order valence-corrected chi connectivity index (χ4v) is 4.02. The Hall–Kier alpha value is -2.33. The number of aromatic nitrogens is 2. The lowest BCUT2D eigenvalue weighted by Crippen LogP contribution is -2.33. The van der Waals surface area contributed by atoms with Gasteiger partial charge in [0, 0.05) is 19.6 Å². The maximum absolute atomic E-state index is 13.3. The van der Waals surface area contributed by atoms with Crippen LogP contribution >= 0.6 is 24.8 Å². The molecule has 33 heavy (non-hydrogen) atoms. The van der Waals surface area contributed by atoms with Gasteiger partial charge in [0.15, 0.2) is 0 Å². The summed E-state index contributed by atoms with van der Waals surface area (Å²) >= 11 is 0. The SMILES string of the molecule is Cc1c(Cn2c(C)nc3c(C(=O)O)cc(C4CNCCO4)cc32)cccc1C(F)(F)F.Cl.Cl. The highest BCUT2D eigenvalue weighted by molar-refractivity contribution is 6.01. The number of rotatable bonds is 4. The molecule has 1 atom stereocenters. The Bertz CT molecular complexity index is 1160. The number of aromatic carboxylic acids is 1. The lowest BCUT2D eigenvalue weighted by Gasteiger charge is -2.24. The molecule has 1 unspecified atom stereocenters. The van der Waals surface area contributed by atoms with Crippen LogP contribution in [0, 0.1) is 13.8 Å². The quantitative estimate of drug-likeness (QED) is 0.526. The second-order valence-electron chi connectivity index (χ2n) is 7.64. The smallest absolute Gasteiger partial charge is 0.416 e. The van der Waals surface area contributed by atoms with Crippen LogP contribution in [0.25, 0.3) is 11.0 Å². The van der Waals surface area contributed by atoms with E-state index in [1.807, 2.05) is 6.07 Å². The molecule has 1 aromatic heterocycles. The molecule has 0 spiro atoms. The second kappa shape index (κ2) is 10.3. The minimum atomic E-state index is -4.44. The molecule has 0 amide bonds. The molecular formula is C22H24Cl2F3N3O3. The number of ether oxygens (including phenoxy) is 1. The van der Waals surface area contributed by atoms with Crippen molar-refractivity contribution in [3.05, 3.63) is 64.0 Å². The maximum atomic E-state index is 13.3. The molecule has 1 fully saturated rings. The topological polar surface area (TPSA) is 76.4 Å². The highest BCUT2D eigenvalue weighted by Crippen LogP contribution is 2.34. The lowest BCUT2D eigenvalue weighted by molar-refractivity contribution is -0.138. The molecule has 2 aromatic carbocycles. The van der Waals surface area contributed by atoms with Crippen LogP contribution in [0.2, 0.25) is 0 Å². The number of imidazole rings is 1. The van der Waals surface area contributed by atoms with Crippen LogP contribution in [-0.2, 0) is 17.5 Å². The minimum absolute atomic E-state index is 0. The van der Waals surface area contributed by atoms with Gasteiger partial charge in [0.25, 0.3) is 0 Å². The van der Waals surface area contributed by atoms with Gasteiger partial charge in [0.2, 0.25) is 0 Å². The highest BCUT2D eigenvalue weighted by atomic mass is 35.5. The third kappa shape index (κ3) is 5.27.